The van der Waals surface area contributed by atoms with Crippen LogP contribution in [0, 0.1) is 11.8 Å². The molecule has 1 atom stereocenters. The number of amides is 1. The zero-order valence-electron chi connectivity index (χ0n) is 13.3. The molecule has 0 aromatic heterocycles. The molecule has 3 rings (SSSR count). The molecular formula is C17H24Cl2N2O2. The lowest BCUT2D eigenvalue weighted by Crippen LogP contribution is -2.55. The topological polar surface area (TPSA) is 50.4 Å². The number of rotatable bonds is 4. The van der Waals surface area contributed by atoms with E-state index in [1.165, 1.54) is 0 Å². The molecule has 23 heavy (non-hydrogen) atoms. The van der Waals surface area contributed by atoms with Crippen molar-refractivity contribution in [2.24, 2.45) is 11.8 Å². The third kappa shape index (κ3) is 4.00. The van der Waals surface area contributed by atoms with E-state index in [1.54, 1.807) is 0 Å². The molecule has 1 aromatic carbocycles. The lowest BCUT2D eigenvalue weighted by atomic mass is 9.81. The zero-order chi connectivity index (χ0) is 15.6. The molecule has 1 unspecified atom stereocenters. The first-order valence-corrected chi connectivity index (χ1v) is 8.35. The van der Waals surface area contributed by atoms with Crippen LogP contribution in [-0.4, -0.2) is 32.2 Å². The van der Waals surface area contributed by atoms with Crippen molar-refractivity contribution in [2.75, 3.05) is 26.3 Å². The molecule has 1 amide bonds. The minimum Gasteiger partial charge on any atom is -0.381 e. The van der Waals surface area contributed by atoms with Crippen molar-refractivity contribution in [3.63, 3.8) is 0 Å². The molecule has 2 N–H and O–H groups in total. The Morgan fingerprint density at radius 2 is 1.91 bits per heavy atom. The van der Waals surface area contributed by atoms with Crippen molar-refractivity contribution >= 4 is 29.9 Å². The molecule has 0 bridgehead atoms. The molecule has 128 valence electrons. The van der Waals surface area contributed by atoms with Crippen molar-refractivity contribution in [3.8, 4) is 0 Å². The first kappa shape index (κ1) is 18.5. The smallest absolute Gasteiger partial charge is 0.223 e. The molecular weight excluding hydrogens is 335 g/mol. The van der Waals surface area contributed by atoms with Gasteiger partial charge < -0.3 is 15.4 Å². The van der Waals surface area contributed by atoms with Gasteiger partial charge in [-0.25, -0.2) is 0 Å². The molecule has 0 saturated carbocycles. The first-order valence-electron chi connectivity index (χ1n) is 7.97. The van der Waals surface area contributed by atoms with Crippen LogP contribution in [0.2, 0.25) is 5.02 Å². The van der Waals surface area contributed by atoms with Crippen LogP contribution in [0.3, 0.4) is 0 Å². The highest BCUT2D eigenvalue weighted by atomic mass is 35.5. The third-order valence-electron chi connectivity index (χ3n) is 5.04. The summed E-state index contributed by atoms with van der Waals surface area (Å²) in [7, 11) is 0. The number of halogens is 2. The number of hydrogen-bond acceptors (Lipinski definition) is 3. The molecule has 2 fully saturated rings. The number of nitrogens with one attached hydrogen (secondary N) is 2. The zero-order valence-corrected chi connectivity index (χ0v) is 14.9. The van der Waals surface area contributed by atoms with Gasteiger partial charge in [-0.1, -0.05) is 30.7 Å². The largest absolute Gasteiger partial charge is 0.381 e. The van der Waals surface area contributed by atoms with Crippen LogP contribution < -0.4 is 10.6 Å². The van der Waals surface area contributed by atoms with Gasteiger partial charge in [-0.2, -0.15) is 0 Å². The lowest BCUT2D eigenvalue weighted by Gasteiger charge is -2.41. The fraction of sp³-hybridized carbons (Fsp3) is 0.588. The van der Waals surface area contributed by atoms with Crippen LogP contribution in [-0.2, 0) is 15.1 Å². The van der Waals surface area contributed by atoms with Gasteiger partial charge in [0, 0.05) is 24.2 Å². The van der Waals surface area contributed by atoms with Crippen LogP contribution in [0.15, 0.2) is 24.3 Å². The minimum atomic E-state index is -0.328. The molecule has 0 spiro atoms. The van der Waals surface area contributed by atoms with Crippen LogP contribution in [0.5, 0.6) is 0 Å². The van der Waals surface area contributed by atoms with E-state index in [9.17, 15) is 4.79 Å². The van der Waals surface area contributed by atoms with Crippen LogP contribution in [0.1, 0.15) is 25.3 Å². The predicted octanol–water partition coefficient (Wildman–Crippen LogP) is 2.74. The fourth-order valence-electron chi connectivity index (χ4n) is 3.20. The molecule has 0 radical (unpaired) electrons. The maximum Gasteiger partial charge on any atom is 0.223 e. The summed E-state index contributed by atoms with van der Waals surface area (Å²) in [5.41, 5.74) is 0.790. The summed E-state index contributed by atoms with van der Waals surface area (Å²) in [4.78, 5) is 12.7. The summed E-state index contributed by atoms with van der Waals surface area (Å²) < 4.78 is 5.50. The molecule has 2 heterocycles. The van der Waals surface area contributed by atoms with Crippen LogP contribution in [0.25, 0.3) is 0 Å². The highest BCUT2D eigenvalue weighted by Gasteiger charge is 2.38. The van der Waals surface area contributed by atoms with E-state index in [-0.39, 0.29) is 29.8 Å². The van der Waals surface area contributed by atoms with Gasteiger partial charge in [-0.05, 0) is 49.5 Å². The molecule has 4 nitrogen and oxygen atoms in total. The highest BCUT2D eigenvalue weighted by Crippen LogP contribution is 2.33. The highest BCUT2D eigenvalue weighted by molar-refractivity contribution is 6.30. The quantitative estimate of drug-likeness (QED) is 0.869. The molecule has 6 heteroatoms. The van der Waals surface area contributed by atoms with E-state index in [2.05, 4.69) is 10.6 Å². The fourth-order valence-corrected chi connectivity index (χ4v) is 3.33. The Morgan fingerprint density at radius 3 is 2.43 bits per heavy atom. The van der Waals surface area contributed by atoms with E-state index in [4.69, 9.17) is 16.3 Å². The standard InChI is InChI=1S/C17H23ClN2O2.ClH/c1-12(13-10-19-11-13)16(21)20-17(6-8-22-9-7-17)14-2-4-15(18)5-3-14;/h2-5,12-13,19H,6-11H2,1H3,(H,20,21);1H. The lowest BCUT2D eigenvalue weighted by molar-refractivity contribution is -0.130. The van der Waals surface area contributed by atoms with E-state index in [0.717, 1.165) is 31.5 Å². The number of hydrogen-bond donors (Lipinski definition) is 2. The normalized spacial score (nSPS) is 21.7. The summed E-state index contributed by atoms with van der Waals surface area (Å²) in [6, 6.07) is 7.81. The number of benzene rings is 1. The summed E-state index contributed by atoms with van der Waals surface area (Å²) in [5, 5.41) is 7.27. The summed E-state index contributed by atoms with van der Waals surface area (Å²) in [5.74, 6) is 0.624. The maximum absolute atomic E-state index is 12.7. The monoisotopic (exact) mass is 358 g/mol. The Kier molecular flexibility index (Phi) is 6.32. The molecule has 2 aliphatic heterocycles. The van der Waals surface area contributed by atoms with Gasteiger partial charge >= 0.3 is 0 Å². The van der Waals surface area contributed by atoms with E-state index in [1.807, 2.05) is 31.2 Å². The third-order valence-corrected chi connectivity index (χ3v) is 5.29. The molecule has 1 aromatic rings. The van der Waals surface area contributed by atoms with Gasteiger partial charge in [0.05, 0.1) is 5.54 Å². The number of ether oxygens (including phenoxy) is 1. The molecule has 0 aliphatic carbocycles. The number of carbonyl (C=O) groups is 1. The SMILES string of the molecule is CC(C(=O)NC1(c2ccc(Cl)cc2)CCOCC1)C1CNC1.Cl. The van der Waals surface area contributed by atoms with Gasteiger partial charge in [0.15, 0.2) is 0 Å². The van der Waals surface area contributed by atoms with Crippen molar-refractivity contribution < 1.29 is 9.53 Å². The van der Waals surface area contributed by atoms with Gasteiger partial charge in [0.25, 0.3) is 0 Å². The van der Waals surface area contributed by atoms with E-state index < -0.39 is 0 Å². The van der Waals surface area contributed by atoms with E-state index >= 15 is 0 Å². The summed E-state index contributed by atoms with van der Waals surface area (Å²) >= 11 is 6.00. The Bertz CT molecular complexity index is 526. The second-order valence-corrected chi connectivity index (χ2v) is 6.83. The van der Waals surface area contributed by atoms with Crippen molar-refractivity contribution in [1.82, 2.24) is 10.6 Å². The average molecular weight is 359 g/mol. The van der Waals surface area contributed by atoms with Crippen molar-refractivity contribution in [2.45, 2.75) is 25.3 Å². The van der Waals surface area contributed by atoms with Gasteiger partial charge in [-0.3, -0.25) is 4.79 Å². The minimum absolute atomic E-state index is 0. The second-order valence-electron chi connectivity index (χ2n) is 6.40. The Hall–Kier alpha value is -0.810. The summed E-state index contributed by atoms with van der Waals surface area (Å²) in [6.07, 6.45) is 1.60. The predicted molar refractivity (Wildman–Crippen MR) is 94.1 cm³/mol. The first-order chi connectivity index (χ1) is 10.6. The maximum atomic E-state index is 12.7. The number of carbonyl (C=O) groups excluding carboxylic acids is 1. The van der Waals surface area contributed by atoms with Crippen LogP contribution in [0.4, 0.5) is 0 Å². The van der Waals surface area contributed by atoms with Gasteiger partial charge in [0.2, 0.25) is 5.91 Å². The van der Waals surface area contributed by atoms with Crippen LogP contribution >= 0.6 is 24.0 Å². The summed E-state index contributed by atoms with van der Waals surface area (Å²) in [6.45, 7) is 5.23. The van der Waals surface area contributed by atoms with Crippen molar-refractivity contribution in [3.05, 3.63) is 34.9 Å². The average Bonchev–Trinajstić information content (AvgIpc) is 2.47. The molecule has 2 saturated heterocycles. The van der Waals surface area contributed by atoms with Gasteiger partial charge in [0.1, 0.15) is 0 Å². The van der Waals surface area contributed by atoms with E-state index in [0.29, 0.717) is 24.2 Å². The van der Waals surface area contributed by atoms with Gasteiger partial charge in [-0.15, -0.1) is 12.4 Å². The Labute approximate surface area is 148 Å². The van der Waals surface area contributed by atoms with Crippen molar-refractivity contribution in [1.29, 1.82) is 0 Å². The Morgan fingerprint density at radius 1 is 1.30 bits per heavy atom. The molecule has 2 aliphatic rings. The second kappa shape index (κ2) is 7.84. The Balaban J connectivity index is 0.00000192.